The third kappa shape index (κ3) is 55.8. The largest absolute Gasteiger partial charge is 0.462 e. The molecule has 0 spiro atoms. The molecule has 1 atom stereocenters. The van der Waals surface area contributed by atoms with Crippen molar-refractivity contribution < 1.29 is 28.6 Å². The summed E-state index contributed by atoms with van der Waals surface area (Å²) in [6.45, 7) is 6.31. The Morgan fingerprint density at radius 3 is 0.972 bits per heavy atom. The van der Waals surface area contributed by atoms with Gasteiger partial charge in [0, 0.05) is 19.3 Å². The average Bonchev–Trinajstić information content (AvgIpc) is 3.37. The second-order valence-corrected chi connectivity index (χ2v) is 17.7. The molecule has 0 radical (unpaired) electrons. The highest BCUT2D eigenvalue weighted by Crippen LogP contribution is 2.10. The minimum Gasteiger partial charge on any atom is -0.462 e. The van der Waals surface area contributed by atoms with Crippen molar-refractivity contribution in [1.82, 2.24) is 0 Å². The number of carbonyl (C=O) groups is 3. The van der Waals surface area contributed by atoms with Crippen LogP contribution >= 0.6 is 0 Å². The Balaban J connectivity index is 4.69. The van der Waals surface area contributed by atoms with E-state index in [9.17, 15) is 14.4 Å². The molecule has 0 fully saturated rings. The predicted octanol–water partition coefficient (Wildman–Crippen LogP) is 19.0. The topological polar surface area (TPSA) is 78.9 Å². The van der Waals surface area contributed by atoms with Gasteiger partial charge < -0.3 is 14.2 Å². The molecule has 0 amide bonds. The molecule has 396 valence electrons. The quantitative estimate of drug-likeness (QED) is 0.0262. The summed E-state index contributed by atoms with van der Waals surface area (Å²) in [6.07, 6.45) is 84.0. The summed E-state index contributed by atoms with van der Waals surface area (Å²) in [4.78, 5) is 38.1. The molecule has 0 aliphatic carbocycles. The number of ether oxygens (including phenoxy) is 3. The van der Waals surface area contributed by atoms with Crippen LogP contribution in [0.4, 0.5) is 0 Å². The third-order valence-electron chi connectivity index (χ3n) is 11.0. The molecule has 71 heavy (non-hydrogen) atoms. The second kappa shape index (κ2) is 57.6. The number of esters is 3. The monoisotopic (exact) mass is 977 g/mol. The smallest absolute Gasteiger partial charge is 0.306 e. The molecule has 0 saturated heterocycles. The van der Waals surface area contributed by atoms with Crippen LogP contribution in [0.1, 0.15) is 213 Å². The molecule has 0 aromatic rings. The number of unbranched alkanes of at least 4 members (excludes halogenated alkanes) is 11. The van der Waals surface area contributed by atoms with Crippen LogP contribution in [0.15, 0.2) is 158 Å². The Labute approximate surface area is 435 Å². The van der Waals surface area contributed by atoms with Crippen LogP contribution in [0.25, 0.3) is 0 Å². The van der Waals surface area contributed by atoms with E-state index >= 15 is 0 Å². The maximum absolute atomic E-state index is 12.8. The lowest BCUT2D eigenvalue weighted by Crippen LogP contribution is -2.30. The minimum absolute atomic E-state index is 0.157. The summed E-state index contributed by atoms with van der Waals surface area (Å²) in [7, 11) is 0. The molecule has 0 N–H and O–H groups in total. The Hall–Kier alpha value is -4.97. The van der Waals surface area contributed by atoms with E-state index < -0.39 is 12.1 Å². The van der Waals surface area contributed by atoms with E-state index in [1.54, 1.807) is 0 Å². The minimum atomic E-state index is -0.866. The molecule has 0 saturated carbocycles. The van der Waals surface area contributed by atoms with E-state index in [1.807, 2.05) is 12.2 Å². The second-order valence-electron chi connectivity index (χ2n) is 17.7. The van der Waals surface area contributed by atoms with Crippen LogP contribution in [0.5, 0.6) is 0 Å². The maximum atomic E-state index is 12.8. The normalized spacial score (nSPS) is 13.3. The zero-order valence-electron chi connectivity index (χ0n) is 45.2. The molecule has 0 bridgehead atoms. The molecule has 0 aliphatic rings. The summed E-state index contributed by atoms with van der Waals surface area (Å²) in [6, 6.07) is 0. The Morgan fingerprint density at radius 1 is 0.296 bits per heavy atom. The van der Waals surface area contributed by atoms with Crippen molar-refractivity contribution >= 4 is 17.9 Å². The van der Waals surface area contributed by atoms with Gasteiger partial charge in [-0.05, 0) is 128 Å². The van der Waals surface area contributed by atoms with Crippen molar-refractivity contribution in [3.63, 3.8) is 0 Å². The Kier molecular flexibility index (Phi) is 53.6. The van der Waals surface area contributed by atoms with E-state index in [-0.39, 0.29) is 44.4 Å². The van der Waals surface area contributed by atoms with Gasteiger partial charge in [-0.1, -0.05) is 224 Å². The average molecular weight is 978 g/mol. The van der Waals surface area contributed by atoms with Crippen LogP contribution in [0.3, 0.4) is 0 Å². The highest BCUT2D eigenvalue weighted by Gasteiger charge is 2.19. The summed E-state index contributed by atoms with van der Waals surface area (Å²) in [5.41, 5.74) is 0. The maximum Gasteiger partial charge on any atom is 0.306 e. The lowest BCUT2D eigenvalue weighted by atomic mass is 10.1. The van der Waals surface area contributed by atoms with Crippen molar-refractivity contribution in [2.45, 2.75) is 219 Å². The number of allylic oxidation sites excluding steroid dienone is 26. The first-order valence-corrected chi connectivity index (χ1v) is 28.0. The molecule has 0 heterocycles. The van der Waals surface area contributed by atoms with Gasteiger partial charge >= 0.3 is 17.9 Å². The lowest BCUT2D eigenvalue weighted by Gasteiger charge is -2.18. The van der Waals surface area contributed by atoms with Gasteiger partial charge in [0.15, 0.2) is 6.10 Å². The number of hydrogen-bond donors (Lipinski definition) is 0. The first-order chi connectivity index (χ1) is 35.0. The number of carbonyl (C=O) groups excluding carboxylic acids is 3. The van der Waals surface area contributed by atoms with Crippen molar-refractivity contribution in [1.29, 1.82) is 0 Å². The van der Waals surface area contributed by atoms with Crippen molar-refractivity contribution in [3.8, 4) is 0 Å². The highest BCUT2D eigenvalue weighted by atomic mass is 16.6. The van der Waals surface area contributed by atoms with Gasteiger partial charge in [-0.2, -0.15) is 0 Å². The first kappa shape index (κ1) is 66.0. The van der Waals surface area contributed by atoms with E-state index in [4.69, 9.17) is 14.2 Å². The van der Waals surface area contributed by atoms with Crippen LogP contribution < -0.4 is 0 Å². The zero-order chi connectivity index (χ0) is 51.4. The third-order valence-corrected chi connectivity index (χ3v) is 11.0. The van der Waals surface area contributed by atoms with E-state index in [2.05, 4.69) is 167 Å². The van der Waals surface area contributed by atoms with E-state index in [0.29, 0.717) is 19.3 Å². The first-order valence-electron chi connectivity index (χ1n) is 28.0. The van der Waals surface area contributed by atoms with Crippen molar-refractivity contribution in [2.75, 3.05) is 13.2 Å². The van der Waals surface area contributed by atoms with Gasteiger partial charge in [0.05, 0.1) is 0 Å². The molecule has 0 aromatic carbocycles. The fourth-order valence-electron chi connectivity index (χ4n) is 6.83. The highest BCUT2D eigenvalue weighted by molar-refractivity contribution is 5.71. The van der Waals surface area contributed by atoms with Gasteiger partial charge in [0.2, 0.25) is 0 Å². The summed E-state index contributed by atoms with van der Waals surface area (Å²) in [5.74, 6) is -1.16. The molecule has 0 rings (SSSR count). The van der Waals surface area contributed by atoms with Gasteiger partial charge in [-0.25, -0.2) is 0 Å². The fourth-order valence-corrected chi connectivity index (χ4v) is 6.83. The van der Waals surface area contributed by atoms with Crippen LogP contribution in [-0.2, 0) is 28.6 Å². The standard InChI is InChI=1S/C65H100O6/c1-4-7-10-13-16-19-22-25-28-31-32-35-37-40-43-46-49-52-55-58-64(67)70-61-62(71-65(68)59-56-53-50-47-44-41-38-34-30-27-24-21-18-15-12-9-6-3)60-69-63(66)57-54-51-48-45-42-39-36-33-29-26-23-20-17-14-11-8-5-2/h7,10,16,18-19,21,25-30,32,35-36,38-41,43,45,47-50,52,62H,4-6,8-9,11-15,17,20,22-24,31,33-34,37,42,44,46,51,53-61H2,1-3H3/b10-7-,19-16-,21-18-,28-25-,29-26-,30-27-,35-32-,39-36-,41-38-,43-40-,48-45-,50-47-,52-49-. The van der Waals surface area contributed by atoms with Crippen molar-refractivity contribution in [3.05, 3.63) is 158 Å². The predicted molar refractivity (Wildman–Crippen MR) is 306 cm³/mol. The van der Waals surface area contributed by atoms with Gasteiger partial charge in [0.1, 0.15) is 13.2 Å². The molecular weight excluding hydrogens is 877 g/mol. The van der Waals surface area contributed by atoms with Crippen molar-refractivity contribution in [2.24, 2.45) is 0 Å². The molecule has 6 heteroatoms. The van der Waals surface area contributed by atoms with Gasteiger partial charge in [-0.3, -0.25) is 14.4 Å². The van der Waals surface area contributed by atoms with Gasteiger partial charge in [-0.15, -0.1) is 0 Å². The van der Waals surface area contributed by atoms with Crippen LogP contribution in [-0.4, -0.2) is 37.2 Å². The van der Waals surface area contributed by atoms with E-state index in [1.165, 1.54) is 70.6 Å². The Bertz CT molecular complexity index is 1640. The number of rotatable bonds is 48. The molecular formula is C65H100O6. The fraction of sp³-hybridized carbons (Fsp3) is 0.554. The molecule has 0 aromatic heterocycles. The Morgan fingerprint density at radius 2 is 0.577 bits per heavy atom. The summed E-state index contributed by atoms with van der Waals surface area (Å²) in [5, 5.41) is 0. The zero-order valence-corrected chi connectivity index (χ0v) is 45.2. The van der Waals surface area contributed by atoms with E-state index in [0.717, 1.165) is 83.5 Å². The lowest BCUT2D eigenvalue weighted by molar-refractivity contribution is -0.166. The van der Waals surface area contributed by atoms with Crippen LogP contribution in [0, 0.1) is 0 Å². The van der Waals surface area contributed by atoms with Crippen LogP contribution in [0.2, 0.25) is 0 Å². The SMILES string of the molecule is CC/C=C\C/C=C\C/C=C\C/C=C\C/C=C\C/C=C\CCC(=O)OCC(COC(=O)CCC/C=C\C/C=C\C/C=C\CCCCCCCC)OC(=O)CCC/C=C\C/C=C\C/C=C\C/C=C\CCCCC. The molecule has 1 unspecified atom stereocenters. The molecule has 6 nitrogen and oxygen atoms in total. The summed E-state index contributed by atoms with van der Waals surface area (Å²) < 4.78 is 16.7. The summed E-state index contributed by atoms with van der Waals surface area (Å²) >= 11 is 0. The number of hydrogen-bond acceptors (Lipinski definition) is 6. The molecule has 0 aliphatic heterocycles. The van der Waals surface area contributed by atoms with Gasteiger partial charge in [0.25, 0.3) is 0 Å².